The Labute approximate surface area is 148 Å². The van der Waals surface area contributed by atoms with Crippen molar-refractivity contribution in [3.05, 3.63) is 59.9 Å². The highest BCUT2D eigenvalue weighted by molar-refractivity contribution is 5.35. The molecular formula is C20H24N2O3. The largest absolute Gasteiger partial charge is 0.485 e. The number of aromatic nitrogens is 1. The molecule has 5 nitrogen and oxygen atoms in total. The molecule has 132 valence electrons. The lowest BCUT2D eigenvalue weighted by molar-refractivity contribution is -0.0623. The third-order valence-corrected chi connectivity index (χ3v) is 5.07. The predicted molar refractivity (Wildman–Crippen MR) is 94.3 cm³/mol. The van der Waals surface area contributed by atoms with Crippen molar-refractivity contribution in [2.45, 2.75) is 31.1 Å². The number of fused-ring (bicyclic) bond motifs is 1. The first-order chi connectivity index (χ1) is 12.2. The minimum absolute atomic E-state index is 0.241. The van der Waals surface area contributed by atoms with Gasteiger partial charge >= 0.3 is 0 Å². The molecule has 1 unspecified atom stereocenters. The molecule has 1 saturated heterocycles. The van der Waals surface area contributed by atoms with Crippen molar-refractivity contribution in [2.75, 3.05) is 26.3 Å². The van der Waals surface area contributed by atoms with Gasteiger partial charge in [-0.1, -0.05) is 24.3 Å². The van der Waals surface area contributed by atoms with E-state index in [1.165, 1.54) is 5.56 Å². The van der Waals surface area contributed by atoms with Crippen molar-refractivity contribution in [1.82, 2.24) is 9.88 Å². The van der Waals surface area contributed by atoms with Crippen LogP contribution in [0.3, 0.4) is 0 Å². The average molecular weight is 340 g/mol. The van der Waals surface area contributed by atoms with E-state index >= 15 is 0 Å². The number of hydrogen-bond acceptors (Lipinski definition) is 5. The molecule has 1 atom stereocenters. The molecule has 2 aliphatic heterocycles. The van der Waals surface area contributed by atoms with Crippen LogP contribution in [0.4, 0.5) is 0 Å². The Kier molecular flexibility index (Phi) is 4.70. The highest BCUT2D eigenvalue weighted by atomic mass is 16.5. The molecule has 0 bridgehead atoms. The Hall–Kier alpha value is -1.95. The lowest BCUT2D eigenvalue weighted by Crippen LogP contribution is -2.50. The van der Waals surface area contributed by atoms with Crippen LogP contribution in [0.2, 0.25) is 0 Å². The van der Waals surface area contributed by atoms with Gasteiger partial charge in [0.1, 0.15) is 17.5 Å². The highest BCUT2D eigenvalue weighted by Gasteiger charge is 2.39. The van der Waals surface area contributed by atoms with Crippen LogP contribution in [0.1, 0.15) is 30.2 Å². The number of ether oxygens (including phenoxy) is 2. The van der Waals surface area contributed by atoms with Gasteiger partial charge in [-0.25, -0.2) is 0 Å². The quantitative estimate of drug-likeness (QED) is 0.931. The molecule has 0 amide bonds. The van der Waals surface area contributed by atoms with E-state index in [0.717, 1.165) is 44.9 Å². The Morgan fingerprint density at radius 1 is 1.12 bits per heavy atom. The summed E-state index contributed by atoms with van der Waals surface area (Å²) in [6.45, 7) is 3.53. The van der Waals surface area contributed by atoms with E-state index in [9.17, 15) is 5.11 Å². The fourth-order valence-corrected chi connectivity index (χ4v) is 3.75. The summed E-state index contributed by atoms with van der Waals surface area (Å²) >= 11 is 0. The van der Waals surface area contributed by atoms with Crippen molar-refractivity contribution in [2.24, 2.45) is 0 Å². The van der Waals surface area contributed by atoms with Crippen molar-refractivity contribution < 1.29 is 14.6 Å². The highest BCUT2D eigenvalue weighted by Crippen LogP contribution is 2.35. The molecule has 2 aromatic rings. The van der Waals surface area contributed by atoms with Crippen LogP contribution in [0.25, 0.3) is 0 Å². The van der Waals surface area contributed by atoms with E-state index < -0.39 is 6.10 Å². The van der Waals surface area contributed by atoms with Gasteiger partial charge in [-0.2, -0.15) is 0 Å². The van der Waals surface area contributed by atoms with E-state index in [-0.39, 0.29) is 5.60 Å². The number of β-amino-alcohol motifs (C(OH)–C–C–N with tert-alkyl or cyclic N) is 1. The molecule has 4 rings (SSSR count). The minimum Gasteiger partial charge on any atom is -0.485 e. The molecule has 0 saturated carbocycles. The number of hydrogen-bond donors (Lipinski definition) is 1. The van der Waals surface area contributed by atoms with Gasteiger partial charge in [0.2, 0.25) is 0 Å². The number of aliphatic hydroxyl groups is 1. The van der Waals surface area contributed by atoms with E-state index in [1.807, 2.05) is 36.4 Å². The monoisotopic (exact) mass is 340 g/mol. The molecule has 1 aromatic carbocycles. The normalized spacial score (nSPS) is 21.2. The number of benzene rings is 1. The first-order valence-electron chi connectivity index (χ1n) is 8.90. The van der Waals surface area contributed by atoms with Crippen LogP contribution >= 0.6 is 0 Å². The maximum absolute atomic E-state index is 10.6. The van der Waals surface area contributed by atoms with Gasteiger partial charge in [0.05, 0.1) is 18.9 Å². The Bertz CT molecular complexity index is 701. The van der Waals surface area contributed by atoms with Crippen LogP contribution < -0.4 is 4.74 Å². The van der Waals surface area contributed by atoms with E-state index in [1.54, 1.807) is 6.20 Å². The second kappa shape index (κ2) is 7.12. The molecule has 3 heterocycles. The molecule has 1 fully saturated rings. The summed E-state index contributed by atoms with van der Waals surface area (Å²) in [4.78, 5) is 6.58. The van der Waals surface area contributed by atoms with Gasteiger partial charge in [0, 0.05) is 44.2 Å². The van der Waals surface area contributed by atoms with Crippen LogP contribution in [0, 0.1) is 0 Å². The van der Waals surface area contributed by atoms with Crippen LogP contribution in [-0.2, 0) is 11.3 Å². The summed E-state index contributed by atoms with van der Waals surface area (Å²) in [5.41, 5.74) is 1.63. The average Bonchev–Trinajstić information content (AvgIpc) is 2.79. The molecular weight excluding hydrogens is 316 g/mol. The topological polar surface area (TPSA) is 54.8 Å². The third-order valence-electron chi connectivity index (χ3n) is 5.07. The zero-order valence-corrected chi connectivity index (χ0v) is 14.3. The molecule has 0 radical (unpaired) electrons. The number of aliphatic hydroxyl groups excluding tert-OH is 1. The lowest BCUT2D eigenvalue weighted by atomic mass is 9.93. The zero-order chi connectivity index (χ0) is 17.1. The standard InChI is InChI=1S/C20H24N2O3/c23-18(17-6-3-4-10-21-17)14-22-13-16-5-1-2-7-19(16)25-20(15-22)8-11-24-12-9-20/h1-7,10,18,23H,8-9,11-15H2. The van der Waals surface area contributed by atoms with Crippen molar-refractivity contribution >= 4 is 0 Å². The molecule has 1 N–H and O–H groups in total. The third kappa shape index (κ3) is 3.68. The van der Waals surface area contributed by atoms with Gasteiger partial charge in [0.15, 0.2) is 0 Å². The van der Waals surface area contributed by atoms with Crippen LogP contribution in [0.15, 0.2) is 48.7 Å². The molecule has 1 spiro atoms. The molecule has 1 aromatic heterocycles. The summed E-state index contributed by atoms with van der Waals surface area (Å²) in [6, 6.07) is 13.9. The van der Waals surface area contributed by atoms with Gasteiger partial charge in [-0.05, 0) is 18.2 Å². The fourth-order valence-electron chi connectivity index (χ4n) is 3.75. The number of nitrogens with zero attached hydrogens (tertiary/aromatic N) is 2. The predicted octanol–water partition coefficient (Wildman–Crippen LogP) is 2.56. The van der Waals surface area contributed by atoms with Gasteiger partial charge in [-0.15, -0.1) is 0 Å². The zero-order valence-electron chi connectivity index (χ0n) is 14.3. The van der Waals surface area contributed by atoms with E-state index in [0.29, 0.717) is 12.2 Å². The van der Waals surface area contributed by atoms with E-state index in [4.69, 9.17) is 9.47 Å². The maximum Gasteiger partial charge on any atom is 0.126 e. The second-order valence-electron chi connectivity index (χ2n) is 6.95. The maximum atomic E-state index is 10.6. The molecule has 5 heteroatoms. The first-order valence-corrected chi connectivity index (χ1v) is 8.90. The van der Waals surface area contributed by atoms with Crippen molar-refractivity contribution in [3.8, 4) is 5.75 Å². The van der Waals surface area contributed by atoms with Gasteiger partial charge < -0.3 is 14.6 Å². The minimum atomic E-state index is -0.608. The van der Waals surface area contributed by atoms with Crippen LogP contribution in [0.5, 0.6) is 5.75 Å². The van der Waals surface area contributed by atoms with E-state index in [2.05, 4.69) is 16.0 Å². The number of pyridine rings is 1. The van der Waals surface area contributed by atoms with Gasteiger partial charge in [0.25, 0.3) is 0 Å². The Morgan fingerprint density at radius 3 is 2.72 bits per heavy atom. The Morgan fingerprint density at radius 2 is 1.92 bits per heavy atom. The summed E-state index contributed by atoms with van der Waals surface area (Å²) in [7, 11) is 0. The smallest absolute Gasteiger partial charge is 0.126 e. The summed E-state index contributed by atoms with van der Waals surface area (Å²) in [5, 5.41) is 10.6. The SMILES string of the molecule is OC(CN1Cc2ccccc2OC2(CCOCC2)C1)c1ccccn1. The molecule has 25 heavy (non-hydrogen) atoms. The Balaban J connectivity index is 1.58. The van der Waals surface area contributed by atoms with Gasteiger partial charge in [-0.3, -0.25) is 9.88 Å². The van der Waals surface area contributed by atoms with Crippen LogP contribution in [-0.4, -0.2) is 46.9 Å². The van der Waals surface area contributed by atoms with Crippen molar-refractivity contribution in [3.63, 3.8) is 0 Å². The summed E-state index contributed by atoms with van der Waals surface area (Å²) in [5.74, 6) is 0.958. The molecule has 0 aliphatic carbocycles. The lowest BCUT2D eigenvalue weighted by Gasteiger charge is -2.39. The molecule has 2 aliphatic rings. The second-order valence-corrected chi connectivity index (χ2v) is 6.95. The van der Waals surface area contributed by atoms with Crippen molar-refractivity contribution in [1.29, 1.82) is 0 Å². The number of rotatable bonds is 3. The first kappa shape index (κ1) is 16.5. The fraction of sp³-hybridized carbons (Fsp3) is 0.450. The number of para-hydroxylation sites is 1. The summed E-state index contributed by atoms with van der Waals surface area (Å²) in [6.07, 6.45) is 2.86. The summed E-state index contributed by atoms with van der Waals surface area (Å²) < 4.78 is 12.0.